The van der Waals surface area contributed by atoms with Gasteiger partial charge in [-0.15, -0.1) is 0 Å². The minimum Gasteiger partial charge on any atom is -0.467 e. The van der Waals surface area contributed by atoms with Crippen LogP contribution in [-0.2, 0) is 25.7 Å². The molecule has 2 aromatic rings. The van der Waals surface area contributed by atoms with Gasteiger partial charge in [0.05, 0.1) is 25.5 Å². The van der Waals surface area contributed by atoms with E-state index in [0.717, 1.165) is 12.8 Å². The van der Waals surface area contributed by atoms with Crippen molar-refractivity contribution in [3.63, 3.8) is 0 Å². The number of hydrogen-bond donors (Lipinski definition) is 2. The molecule has 162 valence electrons. The Balaban J connectivity index is 1.50. The van der Waals surface area contributed by atoms with Crippen LogP contribution in [-0.4, -0.2) is 53.6 Å². The Morgan fingerprint density at radius 2 is 2.13 bits per heavy atom. The Hall–Kier alpha value is -3.14. The van der Waals surface area contributed by atoms with Crippen molar-refractivity contribution >= 4 is 23.5 Å². The highest BCUT2D eigenvalue weighted by atomic mass is 16.5. The molecule has 1 atom stereocenters. The van der Waals surface area contributed by atoms with E-state index >= 15 is 0 Å². The van der Waals surface area contributed by atoms with Gasteiger partial charge in [-0.05, 0) is 31.9 Å². The minimum absolute atomic E-state index is 0.0204. The van der Waals surface area contributed by atoms with Gasteiger partial charge in [-0.3, -0.25) is 14.4 Å². The molecule has 1 saturated heterocycles. The normalized spacial score (nSPS) is 15.7. The molecule has 30 heavy (non-hydrogen) atoms. The van der Waals surface area contributed by atoms with Gasteiger partial charge in [0.25, 0.3) is 0 Å². The van der Waals surface area contributed by atoms with E-state index in [1.807, 2.05) is 0 Å². The van der Waals surface area contributed by atoms with Gasteiger partial charge in [0.2, 0.25) is 17.7 Å². The van der Waals surface area contributed by atoms with E-state index in [1.165, 1.54) is 11.2 Å². The first kappa shape index (κ1) is 21.6. The molecule has 1 aliphatic heterocycles. The van der Waals surface area contributed by atoms with E-state index < -0.39 is 0 Å². The predicted molar refractivity (Wildman–Crippen MR) is 105 cm³/mol. The minimum atomic E-state index is -0.363. The van der Waals surface area contributed by atoms with E-state index in [-0.39, 0.29) is 49.8 Å². The summed E-state index contributed by atoms with van der Waals surface area (Å²) in [4.78, 5) is 38.5. The topological polar surface area (TPSA) is 127 Å². The van der Waals surface area contributed by atoms with Gasteiger partial charge in [0.1, 0.15) is 11.5 Å². The van der Waals surface area contributed by atoms with Crippen LogP contribution < -0.4 is 10.6 Å². The number of aromatic nitrogens is 1. The lowest BCUT2D eigenvalue weighted by Gasteiger charge is -2.21. The average Bonchev–Trinajstić information content (AvgIpc) is 3.48. The number of hydrogen-bond acceptors (Lipinski definition) is 7. The molecular weight excluding hydrogens is 392 g/mol. The van der Waals surface area contributed by atoms with Crippen LogP contribution in [0.2, 0.25) is 0 Å². The Bertz CT molecular complexity index is 841. The molecule has 2 N–H and O–H groups in total. The van der Waals surface area contributed by atoms with Crippen molar-refractivity contribution in [1.82, 2.24) is 15.4 Å². The Kier molecular flexibility index (Phi) is 7.61. The Labute approximate surface area is 173 Å². The van der Waals surface area contributed by atoms with Crippen LogP contribution in [0, 0.1) is 6.92 Å². The zero-order valence-corrected chi connectivity index (χ0v) is 16.9. The van der Waals surface area contributed by atoms with Crippen molar-refractivity contribution < 1.29 is 28.1 Å². The van der Waals surface area contributed by atoms with Crippen LogP contribution in [0.15, 0.2) is 33.4 Å². The summed E-state index contributed by atoms with van der Waals surface area (Å²) in [5, 5.41) is 9.05. The first-order chi connectivity index (χ1) is 14.5. The standard InChI is InChI=1S/C20H26N4O6/c1-14-10-17(23-30-14)22-18(25)6-7-20(27)24(12-16-5-3-9-29-16)13-19(26)21-11-15-4-2-8-28-15/h3,5,9-10,15H,2,4,6-8,11-13H2,1H3,(H,21,26)(H,22,23,25)/t15-/m1/s1. The fourth-order valence-electron chi connectivity index (χ4n) is 3.09. The smallest absolute Gasteiger partial charge is 0.239 e. The lowest BCUT2D eigenvalue weighted by molar-refractivity contribution is -0.137. The number of nitrogens with one attached hydrogen (secondary N) is 2. The lowest BCUT2D eigenvalue weighted by Crippen LogP contribution is -2.42. The molecule has 3 heterocycles. The van der Waals surface area contributed by atoms with Gasteiger partial charge in [0, 0.05) is 32.1 Å². The number of rotatable bonds is 10. The molecule has 0 spiro atoms. The van der Waals surface area contributed by atoms with Gasteiger partial charge in [-0.1, -0.05) is 5.16 Å². The van der Waals surface area contributed by atoms with Crippen LogP contribution in [0.4, 0.5) is 5.82 Å². The van der Waals surface area contributed by atoms with Crippen molar-refractivity contribution in [2.45, 2.75) is 45.3 Å². The molecule has 0 saturated carbocycles. The van der Waals surface area contributed by atoms with Crippen LogP contribution in [0.5, 0.6) is 0 Å². The molecule has 0 radical (unpaired) electrons. The molecule has 0 aliphatic carbocycles. The third-order valence-electron chi connectivity index (χ3n) is 4.63. The number of anilines is 1. The van der Waals surface area contributed by atoms with Crippen molar-refractivity contribution in [3.05, 3.63) is 36.0 Å². The third-order valence-corrected chi connectivity index (χ3v) is 4.63. The summed E-state index contributed by atoms with van der Waals surface area (Å²) in [6.07, 6.45) is 3.32. The van der Waals surface area contributed by atoms with Gasteiger partial charge in [0.15, 0.2) is 5.82 Å². The predicted octanol–water partition coefficient (Wildman–Crippen LogP) is 1.62. The van der Waals surface area contributed by atoms with Crippen LogP contribution >= 0.6 is 0 Å². The number of carbonyl (C=O) groups is 3. The van der Waals surface area contributed by atoms with E-state index in [4.69, 9.17) is 13.7 Å². The van der Waals surface area contributed by atoms with E-state index in [0.29, 0.717) is 30.5 Å². The third kappa shape index (κ3) is 6.73. The fraction of sp³-hybridized carbons (Fsp3) is 0.500. The highest BCUT2D eigenvalue weighted by Gasteiger charge is 2.21. The molecule has 0 bridgehead atoms. The summed E-state index contributed by atoms with van der Waals surface area (Å²) >= 11 is 0. The average molecular weight is 418 g/mol. The summed E-state index contributed by atoms with van der Waals surface area (Å²) in [7, 11) is 0. The molecule has 10 nitrogen and oxygen atoms in total. The quantitative estimate of drug-likeness (QED) is 0.600. The van der Waals surface area contributed by atoms with E-state index in [2.05, 4.69) is 15.8 Å². The maximum Gasteiger partial charge on any atom is 0.239 e. The van der Waals surface area contributed by atoms with Crippen molar-refractivity contribution in [2.75, 3.05) is 25.0 Å². The molecular formula is C20H26N4O6. The van der Waals surface area contributed by atoms with Crippen molar-refractivity contribution in [3.8, 4) is 0 Å². The monoisotopic (exact) mass is 418 g/mol. The Morgan fingerprint density at radius 3 is 2.80 bits per heavy atom. The highest BCUT2D eigenvalue weighted by Crippen LogP contribution is 2.12. The van der Waals surface area contributed by atoms with Gasteiger partial charge >= 0.3 is 0 Å². The molecule has 3 amide bonds. The summed E-state index contributed by atoms with van der Waals surface area (Å²) in [6, 6.07) is 5.02. The largest absolute Gasteiger partial charge is 0.467 e. The molecule has 1 fully saturated rings. The van der Waals surface area contributed by atoms with E-state index in [9.17, 15) is 14.4 Å². The fourth-order valence-corrected chi connectivity index (χ4v) is 3.09. The Morgan fingerprint density at radius 1 is 1.27 bits per heavy atom. The molecule has 2 aromatic heterocycles. The second kappa shape index (κ2) is 10.6. The molecule has 1 aliphatic rings. The number of ether oxygens (including phenoxy) is 1. The SMILES string of the molecule is Cc1cc(NC(=O)CCC(=O)N(CC(=O)NC[C@H]2CCCO2)Cc2ccco2)no1. The van der Waals surface area contributed by atoms with Crippen LogP contribution in [0.25, 0.3) is 0 Å². The number of amides is 3. The first-order valence-electron chi connectivity index (χ1n) is 9.91. The second-order valence-electron chi connectivity index (χ2n) is 7.14. The van der Waals surface area contributed by atoms with Crippen LogP contribution in [0.1, 0.15) is 37.2 Å². The molecule has 3 rings (SSSR count). The zero-order chi connectivity index (χ0) is 21.3. The summed E-state index contributed by atoms with van der Waals surface area (Å²) in [5.41, 5.74) is 0. The summed E-state index contributed by atoms with van der Waals surface area (Å²) in [6.45, 7) is 2.85. The van der Waals surface area contributed by atoms with Gasteiger partial charge < -0.3 is 29.2 Å². The maximum absolute atomic E-state index is 12.7. The van der Waals surface area contributed by atoms with Gasteiger partial charge in [-0.25, -0.2) is 0 Å². The van der Waals surface area contributed by atoms with Crippen LogP contribution in [0.3, 0.4) is 0 Å². The van der Waals surface area contributed by atoms with Gasteiger partial charge in [-0.2, -0.15) is 0 Å². The van der Waals surface area contributed by atoms with Crippen molar-refractivity contribution in [1.29, 1.82) is 0 Å². The summed E-state index contributed by atoms with van der Waals surface area (Å²) in [5.74, 6) is 0.444. The lowest BCUT2D eigenvalue weighted by atomic mass is 10.2. The number of nitrogens with zero attached hydrogens (tertiary/aromatic N) is 2. The number of carbonyl (C=O) groups excluding carboxylic acids is 3. The first-order valence-corrected chi connectivity index (χ1v) is 9.91. The molecule has 0 aromatic carbocycles. The number of aryl methyl sites for hydroxylation is 1. The molecule has 0 unspecified atom stereocenters. The van der Waals surface area contributed by atoms with Crippen molar-refractivity contribution in [2.24, 2.45) is 0 Å². The second-order valence-corrected chi connectivity index (χ2v) is 7.14. The maximum atomic E-state index is 12.7. The zero-order valence-electron chi connectivity index (χ0n) is 16.9. The van der Waals surface area contributed by atoms with E-state index in [1.54, 1.807) is 25.1 Å². The molecule has 10 heteroatoms. The highest BCUT2D eigenvalue weighted by molar-refractivity contribution is 5.93. The summed E-state index contributed by atoms with van der Waals surface area (Å²) < 4.78 is 15.7. The number of furan rings is 1.